The molecule has 0 aromatic heterocycles. The fraction of sp³-hybridized carbons (Fsp3) is 0.667. The molecule has 1 nitrogen and oxygen atoms in total. The van der Waals surface area contributed by atoms with Crippen LogP contribution >= 0.6 is 0 Å². The van der Waals surface area contributed by atoms with Crippen molar-refractivity contribution in [2.24, 2.45) is 11.3 Å². The number of benzene rings is 1. The summed E-state index contributed by atoms with van der Waals surface area (Å²) in [6, 6.07) is 10.8. The van der Waals surface area contributed by atoms with Gasteiger partial charge in [-0.3, -0.25) is 0 Å². The van der Waals surface area contributed by atoms with Crippen LogP contribution in [0.2, 0.25) is 0 Å². The van der Waals surface area contributed by atoms with Gasteiger partial charge in [0.05, 0.1) is 0 Å². The third-order valence-electron chi connectivity index (χ3n) is 5.08. The Morgan fingerprint density at radius 2 is 1.79 bits per heavy atom. The minimum atomic E-state index is 0.391. The van der Waals surface area contributed by atoms with Gasteiger partial charge in [0.1, 0.15) is 0 Å². The lowest BCUT2D eigenvalue weighted by Gasteiger charge is -2.27. The van der Waals surface area contributed by atoms with E-state index in [0.717, 1.165) is 12.5 Å². The van der Waals surface area contributed by atoms with Gasteiger partial charge in [-0.15, -0.1) is 0 Å². The number of hydrogen-bond acceptors (Lipinski definition) is 1. The smallest absolute Gasteiger partial charge is 0.0244 e. The van der Waals surface area contributed by atoms with Crippen LogP contribution in [0.25, 0.3) is 0 Å². The van der Waals surface area contributed by atoms with E-state index < -0.39 is 0 Å². The predicted octanol–water partition coefficient (Wildman–Crippen LogP) is 4.77. The maximum absolute atomic E-state index is 3.88. The van der Waals surface area contributed by atoms with Crippen molar-refractivity contribution in [3.8, 4) is 0 Å². The normalized spacial score (nSPS) is 29.7. The molecule has 1 heteroatoms. The minimum absolute atomic E-state index is 0.391. The Morgan fingerprint density at radius 1 is 1.11 bits per heavy atom. The average Bonchev–Trinajstić information content (AvgIpc) is 3.05. The van der Waals surface area contributed by atoms with Crippen molar-refractivity contribution in [1.82, 2.24) is 5.32 Å². The first-order valence-corrected chi connectivity index (χ1v) is 7.86. The molecule has 106 valence electrons. The van der Waals surface area contributed by atoms with E-state index in [1.165, 1.54) is 31.2 Å². The van der Waals surface area contributed by atoms with Crippen LogP contribution in [0.3, 0.4) is 0 Å². The molecule has 2 unspecified atom stereocenters. The summed E-state index contributed by atoms with van der Waals surface area (Å²) in [5, 5.41) is 3.88. The van der Waals surface area contributed by atoms with E-state index in [1.807, 2.05) is 0 Å². The summed E-state index contributed by atoms with van der Waals surface area (Å²) in [7, 11) is 0. The molecule has 0 radical (unpaired) electrons. The Balaban J connectivity index is 2.01. The topological polar surface area (TPSA) is 12.0 Å². The number of hydrogen-bond donors (Lipinski definition) is 1. The molecule has 0 spiro atoms. The summed E-state index contributed by atoms with van der Waals surface area (Å²) >= 11 is 0. The van der Waals surface area contributed by atoms with E-state index >= 15 is 0 Å². The van der Waals surface area contributed by atoms with Crippen LogP contribution in [0.5, 0.6) is 0 Å². The van der Waals surface area contributed by atoms with Crippen LogP contribution in [0.4, 0.5) is 0 Å². The van der Waals surface area contributed by atoms with Crippen molar-refractivity contribution in [2.45, 2.75) is 65.5 Å². The summed E-state index contributed by atoms with van der Waals surface area (Å²) in [6.45, 7) is 10.4. The Kier molecular flexibility index (Phi) is 4.35. The van der Waals surface area contributed by atoms with Gasteiger partial charge < -0.3 is 5.32 Å². The lowest BCUT2D eigenvalue weighted by Crippen LogP contribution is -2.36. The first kappa shape index (κ1) is 14.6. The third kappa shape index (κ3) is 2.86. The predicted molar refractivity (Wildman–Crippen MR) is 83.1 cm³/mol. The van der Waals surface area contributed by atoms with Gasteiger partial charge >= 0.3 is 0 Å². The molecule has 0 amide bonds. The molecule has 1 saturated carbocycles. The molecule has 1 fully saturated rings. The summed E-state index contributed by atoms with van der Waals surface area (Å²) in [4.78, 5) is 0. The molecule has 1 aliphatic carbocycles. The molecule has 1 aromatic rings. The first-order valence-electron chi connectivity index (χ1n) is 7.86. The lowest BCUT2D eigenvalue weighted by atomic mass is 9.86. The molecule has 0 bridgehead atoms. The summed E-state index contributed by atoms with van der Waals surface area (Å²) < 4.78 is 0. The summed E-state index contributed by atoms with van der Waals surface area (Å²) in [6.07, 6.45) is 5.28. The van der Waals surface area contributed by atoms with Crippen molar-refractivity contribution in [3.63, 3.8) is 0 Å². The highest BCUT2D eigenvalue weighted by atomic mass is 15.1. The average molecular weight is 259 g/mol. The minimum Gasteiger partial charge on any atom is -0.307 e. The zero-order valence-corrected chi connectivity index (χ0v) is 13.0. The number of rotatable bonds is 7. The monoisotopic (exact) mass is 259 g/mol. The van der Waals surface area contributed by atoms with Gasteiger partial charge in [-0.1, -0.05) is 58.0 Å². The van der Waals surface area contributed by atoms with E-state index in [9.17, 15) is 0 Å². The van der Waals surface area contributed by atoms with E-state index in [4.69, 9.17) is 0 Å². The molecule has 1 N–H and O–H groups in total. The molecule has 0 heterocycles. The fourth-order valence-electron chi connectivity index (χ4n) is 3.93. The maximum atomic E-state index is 3.88. The molecule has 1 aromatic carbocycles. The zero-order chi connectivity index (χ0) is 13.9. The van der Waals surface area contributed by atoms with Crippen LogP contribution in [0, 0.1) is 11.3 Å². The molecular weight excluding hydrogens is 230 g/mol. The van der Waals surface area contributed by atoms with Gasteiger partial charge in [0, 0.05) is 12.1 Å². The Labute approximate surface area is 118 Å². The molecule has 2 rings (SSSR count). The fourth-order valence-corrected chi connectivity index (χ4v) is 3.93. The van der Waals surface area contributed by atoms with Gasteiger partial charge in [-0.2, -0.15) is 0 Å². The molecular formula is C18H29N. The largest absolute Gasteiger partial charge is 0.307 e. The number of nitrogens with one attached hydrogen (secondary N) is 1. The van der Waals surface area contributed by atoms with Gasteiger partial charge in [-0.05, 0) is 42.6 Å². The lowest BCUT2D eigenvalue weighted by molar-refractivity contribution is 0.282. The van der Waals surface area contributed by atoms with Crippen LogP contribution in [-0.2, 0) is 6.54 Å². The Hall–Kier alpha value is -0.820. The van der Waals surface area contributed by atoms with Crippen molar-refractivity contribution >= 4 is 0 Å². The zero-order valence-electron chi connectivity index (χ0n) is 13.0. The third-order valence-corrected chi connectivity index (χ3v) is 5.08. The standard InChI is InChI=1S/C18H29N/c1-5-17(12-15(3)4)14-18(17,6-2)19-13-16-10-8-7-9-11-16/h7-11,15,19H,5-6,12-14H2,1-4H3. The highest BCUT2D eigenvalue weighted by Crippen LogP contribution is 2.63. The van der Waals surface area contributed by atoms with Gasteiger partial charge in [-0.25, -0.2) is 0 Å². The van der Waals surface area contributed by atoms with E-state index in [-0.39, 0.29) is 0 Å². The van der Waals surface area contributed by atoms with Gasteiger partial charge in [0.15, 0.2) is 0 Å². The van der Waals surface area contributed by atoms with E-state index in [0.29, 0.717) is 11.0 Å². The second kappa shape index (κ2) is 5.66. The van der Waals surface area contributed by atoms with Crippen molar-refractivity contribution < 1.29 is 0 Å². The molecule has 2 atom stereocenters. The molecule has 0 aliphatic heterocycles. The van der Waals surface area contributed by atoms with E-state index in [2.05, 4.69) is 63.3 Å². The summed E-state index contributed by atoms with van der Waals surface area (Å²) in [5.74, 6) is 0.798. The van der Waals surface area contributed by atoms with E-state index in [1.54, 1.807) is 0 Å². The van der Waals surface area contributed by atoms with Gasteiger partial charge in [0.25, 0.3) is 0 Å². The van der Waals surface area contributed by atoms with Crippen molar-refractivity contribution in [1.29, 1.82) is 0 Å². The highest BCUT2D eigenvalue weighted by molar-refractivity contribution is 5.22. The highest BCUT2D eigenvalue weighted by Gasteiger charge is 2.63. The Bertz CT molecular complexity index is 397. The molecule has 1 aliphatic rings. The second-order valence-electron chi connectivity index (χ2n) is 6.68. The summed E-state index contributed by atoms with van der Waals surface area (Å²) in [5.41, 5.74) is 2.34. The SMILES string of the molecule is CCC1(CC(C)C)CC1(CC)NCc1ccccc1. The quantitative estimate of drug-likeness (QED) is 0.743. The second-order valence-corrected chi connectivity index (χ2v) is 6.68. The Morgan fingerprint density at radius 3 is 2.32 bits per heavy atom. The molecule has 0 saturated heterocycles. The van der Waals surface area contributed by atoms with Crippen LogP contribution in [0.15, 0.2) is 30.3 Å². The van der Waals surface area contributed by atoms with Crippen molar-refractivity contribution in [3.05, 3.63) is 35.9 Å². The maximum Gasteiger partial charge on any atom is 0.0244 e. The van der Waals surface area contributed by atoms with Crippen LogP contribution < -0.4 is 5.32 Å². The molecule has 19 heavy (non-hydrogen) atoms. The van der Waals surface area contributed by atoms with Crippen LogP contribution in [0.1, 0.15) is 58.9 Å². The first-order chi connectivity index (χ1) is 9.07. The van der Waals surface area contributed by atoms with Gasteiger partial charge in [0.2, 0.25) is 0 Å². The van der Waals surface area contributed by atoms with Crippen LogP contribution in [-0.4, -0.2) is 5.54 Å². The van der Waals surface area contributed by atoms with Crippen molar-refractivity contribution in [2.75, 3.05) is 0 Å².